The number of thiazole rings is 1. The second-order valence-electron chi connectivity index (χ2n) is 5.43. The van der Waals surface area contributed by atoms with Crippen molar-refractivity contribution in [2.75, 3.05) is 11.1 Å². The van der Waals surface area contributed by atoms with Crippen LogP contribution in [0.1, 0.15) is 34.3 Å². The van der Waals surface area contributed by atoms with Gasteiger partial charge in [0.2, 0.25) is 0 Å². The Morgan fingerprint density at radius 1 is 1.52 bits per heavy atom. The van der Waals surface area contributed by atoms with Crippen molar-refractivity contribution in [3.05, 3.63) is 39.4 Å². The molecule has 0 radical (unpaired) electrons. The van der Waals surface area contributed by atoms with Crippen molar-refractivity contribution in [2.45, 2.75) is 26.2 Å². The fraction of sp³-hybridized carbons (Fsp3) is 0.333. The second kappa shape index (κ2) is 5.66. The summed E-state index contributed by atoms with van der Waals surface area (Å²) in [6, 6.07) is 4.86. The molecular formula is C15H16ClN3OS. The highest BCUT2D eigenvalue weighted by atomic mass is 35.5. The lowest BCUT2D eigenvalue weighted by Crippen LogP contribution is -2.12. The molecule has 1 aliphatic rings. The van der Waals surface area contributed by atoms with Gasteiger partial charge in [0.05, 0.1) is 16.3 Å². The van der Waals surface area contributed by atoms with Crippen molar-refractivity contribution in [1.29, 1.82) is 0 Å². The third kappa shape index (κ3) is 3.04. The molecule has 3 N–H and O–H groups in total. The van der Waals surface area contributed by atoms with Gasteiger partial charge in [-0.3, -0.25) is 10.1 Å². The van der Waals surface area contributed by atoms with Crippen molar-refractivity contribution in [3.63, 3.8) is 0 Å². The number of hydrogen-bond donors (Lipinski definition) is 2. The number of aryl methyl sites for hydroxylation is 1. The van der Waals surface area contributed by atoms with Gasteiger partial charge in [-0.25, -0.2) is 4.98 Å². The lowest BCUT2D eigenvalue weighted by molar-refractivity contribution is 0.102. The van der Waals surface area contributed by atoms with Gasteiger partial charge in [-0.15, -0.1) is 11.3 Å². The SMILES string of the molecule is CC1CCc2nc(NC(=O)c3ccc(N)cc3Cl)sc2C1. The van der Waals surface area contributed by atoms with Crippen LogP contribution in [0, 0.1) is 5.92 Å². The van der Waals surface area contributed by atoms with Crippen LogP contribution in [0.5, 0.6) is 0 Å². The van der Waals surface area contributed by atoms with Gasteiger partial charge in [-0.2, -0.15) is 0 Å². The van der Waals surface area contributed by atoms with Crippen LogP contribution in [0.2, 0.25) is 5.02 Å². The summed E-state index contributed by atoms with van der Waals surface area (Å²) in [5.74, 6) is 0.437. The number of amides is 1. The summed E-state index contributed by atoms with van der Waals surface area (Å²) < 4.78 is 0. The number of nitrogens with two attached hydrogens (primary N) is 1. The summed E-state index contributed by atoms with van der Waals surface area (Å²) in [4.78, 5) is 18.1. The van der Waals surface area contributed by atoms with E-state index in [1.54, 1.807) is 29.5 Å². The van der Waals surface area contributed by atoms with E-state index in [4.69, 9.17) is 17.3 Å². The van der Waals surface area contributed by atoms with Crippen molar-refractivity contribution in [2.24, 2.45) is 5.92 Å². The molecule has 0 spiro atoms. The summed E-state index contributed by atoms with van der Waals surface area (Å²) in [6.45, 7) is 2.25. The Labute approximate surface area is 132 Å². The van der Waals surface area contributed by atoms with Gasteiger partial charge in [-0.1, -0.05) is 18.5 Å². The van der Waals surface area contributed by atoms with E-state index in [0.29, 0.717) is 27.3 Å². The number of nitrogens with zero attached hydrogens (tertiary/aromatic N) is 1. The van der Waals surface area contributed by atoms with E-state index >= 15 is 0 Å². The van der Waals surface area contributed by atoms with Crippen LogP contribution >= 0.6 is 22.9 Å². The smallest absolute Gasteiger partial charge is 0.258 e. The van der Waals surface area contributed by atoms with E-state index in [9.17, 15) is 4.79 Å². The Morgan fingerprint density at radius 3 is 3.10 bits per heavy atom. The van der Waals surface area contributed by atoms with E-state index in [2.05, 4.69) is 17.2 Å². The number of aromatic nitrogens is 1. The third-order valence-electron chi connectivity index (χ3n) is 3.64. The topological polar surface area (TPSA) is 68.0 Å². The second-order valence-corrected chi connectivity index (χ2v) is 6.92. The quantitative estimate of drug-likeness (QED) is 0.828. The Balaban J connectivity index is 1.79. The number of anilines is 2. The molecule has 0 fully saturated rings. The molecule has 0 aliphatic heterocycles. The largest absolute Gasteiger partial charge is 0.399 e. The predicted octanol–water partition coefficient (Wildman–Crippen LogP) is 3.76. The summed E-state index contributed by atoms with van der Waals surface area (Å²) in [5, 5.41) is 3.83. The van der Waals surface area contributed by atoms with Crippen LogP contribution in [-0.4, -0.2) is 10.9 Å². The van der Waals surface area contributed by atoms with Gasteiger partial charge in [0.15, 0.2) is 5.13 Å². The van der Waals surface area contributed by atoms with E-state index in [1.807, 2.05) is 0 Å². The maximum atomic E-state index is 12.3. The summed E-state index contributed by atoms with van der Waals surface area (Å²) in [5.41, 5.74) is 7.70. The maximum Gasteiger partial charge on any atom is 0.258 e. The van der Waals surface area contributed by atoms with Crippen LogP contribution in [0.3, 0.4) is 0 Å². The number of halogens is 1. The van der Waals surface area contributed by atoms with Crippen molar-refractivity contribution in [1.82, 2.24) is 4.98 Å². The van der Waals surface area contributed by atoms with E-state index < -0.39 is 0 Å². The molecule has 1 amide bonds. The van der Waals surface area contributed by atoms with Gasteiger partial charge in [-0.05, 0) is 43.4 Å². The molecule has 1 heterocycles. The number of carbonyl (C=O) groups is 1. The first kappa shape index (κ1) is 14.4. The molecule has 4 nitrogen and oxygen atoms in total. The molecule has 1 unspecified atom stereocenters. The number of fused-ring (bicyclic) bond motifs is 1. The molecule has 1 aliphatic carbocycles. The number of carbonyl (C=O) groups excluding carboxylic acids is 1. The minimum Gasteiger partial charge on any atom is -0.399 e. The molecule has 0 saturated heterocycles. The van der Waals surface area contributed by atoms with Crippen LogP contribution < -0.4 is 11.1 Å². The number of hydrogen-bond acceptors (Lipinski definition) is 4. The molecule has 1 aromatic heterocycles. The zero-order chi connectivity index (χ0) is 15.0. The Morgan fingerprint density at radius 2 is 2.33 bits per heavy atom. The highest BCUT2D eigenvalue weighted by molar-refractivity contribution is 7.15. The monoisotopic (exact) mass is 321 g/mol. The molecule has 21 heavy (non-hydrogen) atoms. The van der Waals surface area contributed by atoms with Gasteiger partial charge >= 0.3 is 0 Å². The average molecular weight is 322 g/mol. The fourth-order valence-electron chi connectivity index (χ4n) is 2.47. The van der Waals surface area contributed by atoms with E-state index in [1.165, 1.54) is 4.88 Å². The van der Waals surface area contributed by atoms with Crippen molar-refractivity contribution >= 4 is 39.7 Å². The van der Waals surface area contributed by atoms with Crippen LogP contribution in [0.4, 0.5) is 10.8 Å². The molecule has 110 valence electrons. The van der Waals surface area contributed by atoms with Crippen LogP contribution in [0.15, 0.2) is 18.2 Å². The first-order chi connectivity index (χ1) is 10.0. The minimum absolute atomic E-state index is 0.251. The van der Waals surface area contributed by atoms with Crippen molar-refractivity contribution < 1.29 is 4.79 Å². The standard InChI is InChI=1S/C15H16ClN3OS/c1-8-2-5-12-13(6-8)21-15(18-12)19-14(20)10-4-3-9(17)7-11(10)16/h3-4,7-8H,2,5-6,17H2,1H3,(H,18,19,20). The number of nitrogen functional groups attached to an aromatic ring is 1. The van der Waals surface area contributed by atoms with Crippen molar-refractivity contribution in [3.8, 4) is 0 Å². The summed E-state index contributed by atoms with van der Waals surface area (Å²) in [6.07, 6.45) is 3.20. The van der Waals surface area contributed by atoms with E-state index in [-0.39, 0.29) is 5.91 Å². The zero-order valence-corrected chi connectivity index (χ0v) is 13.2. The molecule has 0 bridgehead atoms. The zero-order valence-electron chi connectivity index (χ0n) is 11.6. The van der Waals surface area contributed by atoms with E-state index in [0.717, 1.165) is 25.0 Å². The molecule has 3 rings (SSSR count). The highest BCUT2D eigenvalue weighted by Gasteiger charge is 2.21. The van der Waals surface area contributed by atoms with Crippen LogP contribution in [-0.2, 0) is 12.8 Å². The lowest BCUT2D eigenvalue weighted by Gasteiger charge is -2.15. The Kier molecular flexibility index (Phi) is 3.87. The predicted molar refractivity (Wildman–Crippen MR) is 87.1 cm³/mol. The Hall–Kier alpha value is -1.59. The molecule has 0 saturated carbocycles. The van der Waals surface area contributed by atoms with Gasteiger partial charge < -0.3 is 5.73 Å². The Bertz CT molecular complexity index is 698. The number of nitrogens with one attached hydrogen (secondary N) is 1. The number of benzene rings is 1. The lowest BCUT2D eigenvalue weighted by atomic mass is 9.93. The first-order valence-corrected chi connectivity index (χ1v) is 8.07. The average Bonchev–Trinajstić information content (AvgIpc) is 2.79. The normalized spacial score (nSPS) is 17.3. The van der Waals surface area contributed by atoms with Gasteiger partial charge in [0.1, 0.15) is 0 Å². The fourth-order valence-corrected chi connectivity index (χ4v) is 3.91. The van der Waals surface area contributed by atoms with Gasteiger partial charge in [0, 0.05) is 10.6 Å². The highest BCUT2D eigenvalue weighted by Crippen LogP contribution is 2.32. The third-order valence-corrected chi connectivity index (χ3v) is 4.99. The number of rotatable bonds is 2. The maximum absolute atomic E-state index is 12.3. The molecule has 6 heteroatoms. The molecule has 2 aromatic rings. The van der Waals surface area contributed by atoms with Crippen LogP contribution in [0.25, 0.3) is 0 Å². The summed E-state index contributed by atoms with van der Waals surface area (Å²) >= 11 is 7.61. The molecule has 1 aromatic carbocycles. The first-order valence-electron chi connectivity index (χ1n) is 6.88. The minimum atomic E-state index is -0.251. The molecular weight excluding hydrogens is 306 g/mol. The molecule has 1 atom stereocenters. The summed E-state index contributed by atoms with van der Waals surface area (Å²) in [7, 11) is 0. The van der Waals surface area contributed by atoms with Gasteiger partial charge in [0.25, 0.3) is 5.91 Å².